The molecule has 2 amide bonds. The maximum atomic E-state index is 12.2. The molecule has 0 atom stereocenters. The monoisotopic (exact) mass is 305 g/mol. The summed E-state index contributed by atoms with van der Waals surface area (Å²) >= 11 is 0. The second kappa shape index (κ2) is 6.61. The Balaban J connectivity index is 1.52. The van der Waals surface area contributed by atoms with Crippen molar-refractivity contribution in [1.82, 2.24) is 4.90 Å². The average molecular weight is 305 g/mol. The molecule has 0 spiro atoms. The number of hydrogen-bond donors (Lipinski definition) is 0. The molecule has 0 fully saturated rings. The molecule has 2 aromatic rings. The number of fused-ring (bicyclic) bond motifs is 1. The van der Waals surface area contributed by atoms with Gasteiger partial charge in [-0.1, -0.05) is 49.1 Å². The van der Waals surface area contributed by atoms with E-state index < -0.39 is 0 Å². The zero-order valence-electron chi connectivity index (χ0n) is 13.0. The van der Waals surface area contributed by atoms with Crippen LogP contribution < -0.4 is 0 Å². The third-order valence-corrected chi connectivity index (χ3v) is 4.19. The van der Waals surface area contributed by atoms with E-state index in [2.05, 4.69) is 18.7 Å². The van der Waals surface area contributed by atoms with Crippen molar-refractivity contribution in [3.8, 4) is 0 Å². The van der Waals surface area contributed by atoms with Crippen molar-refractivity contribution in [2.75, 3.05) is 6.54 Å². The number of imide groups is 1. The van der Waals surface area contributed by atoms with Gasteiger partial charge < -0.3 is 0 Å². The fraction of sp³-hybridized carbons (Fsp3) is 0.200. The van der Waals surface area contributed by atoms with Crippen molar-refractivity contribution < 1.29 is 9.59 Å². The Kier molecular flexibility index (Phi) is 4.38. The lowest BCUT2D eigenvalue weighted by Crippen LogP contribution is -2.30. The van der Waals surface area contributed by atoms with Crippen LogP contribution in [0.2, 0.25) is 0 Å². The molecule has 23 heavy (non-hydrogen) atoms. The summed E-state index contributed by atoms with van der Waals surface area (Å²) < 4.78 is 0. The number of aryl methyl sites for hydroxylation is 1. The third kappa shape index (κ3) is 3.09. The third-order valence-electron chi connectivity index (χ3n) is 4.19. The van der Waals surface area contributed by atoms with Crippen LogP contribution in [0, 0.1) is 0 Å². The number of amides is 2. The van der Waals surface area contributed by atoms with Gasteiger partial charge in [0.15, 0.2) is 0 Å². The first-order chi connectivity index (χ1) is 11.2. The molecule has 0 bridgehead atoms. The second-order valence-corrected chi connectivity index (χ2v) is 5.71. The minimum atomic E-state index is -0.166. The van der Waals surface area contributed by atoms with Crippen molar-refractivity contribution in [2.24, 2.45) is 0 Å². The topological polar surface area (TPSA) is 37.4 Å². The summed E-state index contributed by atoms with van der Waals surface area (Å²) in [5.41, 5.74) is 3.42. The fourth-order valence-electron chi connectivity index (χ4n) is 2.86. The first-order valence-electron chi connectivity index (χ1n) is 7.87. The van der Waals surface area contributed by atoms with E-state index >= 15 is 0 Å². The van der Waals surface area contributed by atoms with Crippen LogP contribution in [-0.4, -0.2) is 23.3 Å². The molecule has 0 aliphatic carbocycles. The molecule has 0 unspecified atom stereocenters. The Morgan fingerprint density at radius 3 is 2.04 bits per heavy atom. The van der Waals surface area contributed by atoms with Gasteiger partial charge in [0.1, 0.15) is 0 Å². The van der Waals surface area contributed by atoms with Crippen molar-refractivity contribution >= 4 is 17.9 Å². The van der Waals surface area contributed by atoms with Crippen molar-refractivity contribution in [3.63, 3.8) is 0 Å². The number of benzene rings is 2. The molecule has 0 saturated heterocycles. The van der Waals surface area contributed by atoms with E-state index in [1.165, 1.54) is 10.5 Å². The van der Waals surface area contributed by atoms with Gasteiger partial charge in [0.2, 0.25) is 0 Å². The van der Waals surface area contributed by atoms with Gasteiger partial charge in [-0.15, -0.1) is 0 Å². The molecule has 0 radical (unpaired) electrons. The molecule has 0 N–H and O–H groups in total. The normalized spacial score (nSPS) is 13.3. The number of hydrogen-bond acceptors (Lipinski definition) is 2. The number of carbonyl (C=O) groups is 2. The number of carbonyl (C=O) groups excluding carboxylic acids is 2. The Morgan fingerprint density at radius 2 is 1.48 bits per heavy atom. The molecule has 1 heterocycles. The molecule has 2 aromatic carbocycles. The summed E-state index contributed by atoms with van der Waals surface area (Å²) in [4.78, 5) is 25.8. The summed E-state index contributed by atoms with van der Waals surface area (Å²) in [6.45, 7) is 4.23. The number of nitrogens with zero attached hydrogens (tertiary/aromatic N) is 1. The predicted octanol–water partition coefficient (Wildman–Crippen LogP) is 3.95. The Bertz CT molecular complexity index is 711. The van der Waals surface area contributed by atoms with Gasteiger partial charge in [-0.25, -0.2) is 0 Å². The molecule has 0 saturated carbocycles. The summed E-state index contributed by atoms with van der Waals surface area (Å²) in [5, 5.41) is 0. The molecule has 1 aliphatic rings. The predicted molar refractivity (Wildman–Crippen MR) is 91.3 cm³/mol. The Labute approximate surface area is 136 Å². The number of unbranched alkanes of at least 4 members (excludes halogenated alkanes) is 1. The quantitative estimate of drug-likeness (QED) is 0.598. The summed E-state index contributed by atoms with van der Waals surface area (Å²) in [5.74, 6) is -0.332. The summed E-state index contributed by atoms with van der Waals surface area (Å²) in [7, 11) is 0. The van der Waals surface area contributed by atoms with E-state index in [0.29, 0.717) is 17.7 Å². The van der Waals surface area contributed by atoms with Crippen LogP contribution in [0.5, 0.6) is 0 Å². The lowest BCUT2D eigenvalue weighted by Gasteiger charge is -2.13. The van der Waals surface area contributed by atoms with Gasteiger partial charge in [-0.3, -0.25) is 14.5 Å². The maximum Gasteiger partial charge on any atom is 0.261 e. The molecule has 1 aliphatic heterocycles. The zero-order chi connectivity index (χ0) is 16.2. The lowest BCUT2D eigenvalue weighted by molar-refractivity contribution is 0.0652. The highest BCUT2D eigenvalue weighted by Crippen LogP contribution is 2.22. The van der Waals surface area contributed by atoms with Crippen LogP contribution in [0.4, 0.5) is 0 Å². The molecule has 3 nitrogen and oxygen atoms in total. The van der Waals surface area contributed by atoms with Crippen LogP contribution in [-0.2, 0) is 6.42 Å². The van der Waals surface area contributed by atoms with Crippen molar-refractivity contribution in [3.05, 3.63) is 77.4 Å². The largest absolute Gasteiger partial charge is 0.274 e. The average Bonchev–Trinajstić information content (AvgIpc) is 2.84. The van der Waals surface area contributed by atoms with Crippen molar-refractivity contribution in [1.29, 1.82) is 0 Å². The zero-order valence-corrected chi connectivity index (χ0v) is 13.0. The van der Waals surface area contributed by atoms with Crippen LogP contribution >= 0.6 is 0 Å². The van der Waals surface area contributed by atoms with E-state index in [1.54, 1.807) is 24.3 Å². The van der Waals surface area contributed by atoms with E-state index in [1.807, 2.05) is 18.2 Å². The standard InChI is InChI=1S/C20H19NO2/c1-2-15-10-12-16(13-11-15)7-5-6-14-21-19(22)17-8-3-4-9-18(17)20(21)23/h2-4,8-13H,1,5-7,14H2. The molecule has 116 valence electrons. The van der Waals surface area contributed by atoms with Crippen molar-refractivity contribution in [2.45, 2.75) is 19.3 Å². The van der Waals surface area contributed by atoms with Crippen LogP contribution in [0.15, 0.2) is 55.1 Å². The first-order valence-corrected chi connectivity index (χ1v) is 7.87. The first kappa shape index (κ1) is 15.2. The smallest absolute Gasteiger partial charge is 0.261 e. The highest BCUT2D eigenvalue weighted by Gasteiger charge is 2.34. The van der Waals surface area contributed by atoms with E-state index in [-0.39, 0.29) is 11.8 Å². The van der Waals surface area contributed by atoms with Crippen LogP contribution in [0.1, 0.15) is 44.7 Å². The van der Waals surface area contributed by atoms with Gasteiger partial charge in [0, 0.05) is 6.54 Å². The van der Waals surface area contributed by atoms with Gasteiger partial charge in [0.05, 0.1) is 11.1 Å². The van der Waals surface area contributed by atoms with Crippen LogP contribution in [0.25, 0.3) is 6.08 Å². The summed E-state index contributed by atoms with van der Waals surface area (Å²) in [6.07, 6.45) is 4.53. The van der Waals surface area contributed by atoms with E-state index in [4.69, 9.17) is 0 Å². The van der Waals surface area contributed by atoms with Gasteiger partial charge in [-0.2, -0.15) is 0 Å². The fourth-order valence-corrected chi connectivity index (χ4v) is 2.86. The maximum absolute atomic E-state index is 12.2. The summed E-state index contributed by atoms with van der Waals surface area (Å²) in [6, 6.07) is 15.3. The lowest BCUT2D eigenvalue weighted by atomic mass is 10.1. The molecule has 3 heteroatoms. The van der Waals surface area contributed by atoms with E-state index in [0.717, 1.165) is 24.8 Å². The van der Waals surface area contributed by atoms with Gasteiger partial charge >= 0.3 is 0 Å². The molecule has 0 aromatic heterocycles. The van der Waals surface area contributed by atoms with E-state index in [9.17, 15) is 9.59 Å². The molecular weight excluding hydrogens is 286 g/mol. The highest BCUT2D eigenvalue weighted by molar-refractivity contribution is 6.21. The number of rotatable bonds is 6. The molecule has 3 rings (SSSR count). The Morgan fingerprint density at radius 1 is 0.870 bits per heavy atom. The molecular formula is C20H19NO2. The highest BCUT2D eigenvalue weighted by atomic mass is 16.2. The van der Waals surface area contributed by atoms with Gasteiger partial charge in [0.25, 0.3) is 11.8 Å². The minimum absolute atomic E-state index is 0.166. The SMILES string of the molecule is C=Cc1ccc(CCCCN2C(=O)c3ccccc3C2=O)cc1. The minimum Gasteiger partial charge on any atom is -0.274 e. The van der Waals surface area contributed by atoms with Crippen LogP contribution in [0.3, 0.4) is 0 Å². The Hall–Kier alpha value is -2.68. The van der Waals surface area contributed by atoms with Gasteiger partial charge in [-0.05, 0) is 42.5 Å². The second-order valence-electron chi connectivity index (χ2n) is 5.71.